The van der Waals surface area contributed by atoms with Gasteiger partial charge in [0.15, 0.2) is 0 Å². The van der Waals surface area contributed by atoms with Crippen LogP contribution in [0.2, 0.25) is 0 Å². The largest absolute Gasteiger partial charge is 0.345 e. The summed E-state index contributed by atoms with van der Waals surface area (Å²) in [5.74, 6) is 0.791. The number of nitrogens with two attached hydrogens (primary N) is 1. The second kappa shape index (κ2) is 8.69. The molecule has 1 aromatic carbocycles. The van der Waals surface area contributed by atoms with Crippen LogP contribution in [0.4, 0.5) is 0 Å². The van der Waals surface area contributed by atoms with Crippen molar-refractivity contribution in [1.29, 1.82) is 0 Å². The van der Waals surface area contributed by atoms with Crippen LogP contribution in [0.15, 0.2) is 29.2 Å². The first-order valence-corrected chi connectivity index (χ1v) is 11.2. The van der Waals surface area contributed by atoms with Crippen molar-refractivity contribution in [2.45, 2.75) is 50.5 Å². The van der Waals surface area contributed by atoms with E-state index in [0.717, 1.165) is 19.3 Å². The molecule has 6 nitrogen and oxygen atoms in total. The van der Waals surface area contributed by atoms with Gasteiger partial charge in [-0.05, 0) is 62.1 Å². The summed E-state index contributed by atoms with van der Waals surface area (Å²) < 4.78 is 27.7. The molecule has 0 radical (unpaired) electrons. The number of nitrogens with zero attached hydrogens (tertiary/aromatic N) is 1. The highest BCUT2D eigenvalue weighted by atomic mass is 35.5. The van der Waals surface area contributed by atoms with E-state index in [0.29, 0.717) is 43.0 Å². The number of hydrogen-bond donors (Lipinski definition) is 2. The molecular weight excluding hydrogens is 398 g/mol. The van der Waals surface area contributed by atoms with Crippen LogP contribution in [0.5, 0.6) is 0 Å². The molecule has 0 aromatic heterocycles. The zero-order valence-corrected chi connectivity index (χ0v) is 18.5. The van der Waals surface area contributed by atoms with Crippen molar-refractivity contribution in [1.82, 2.24) is 9.62 Å². The maximum atomic E-state index is 13.1. The van der Waals surface area contributed by atoms with Gasteiger partial charge < -0.3 is 11.1 Å². The third-order valence-corrected chi connectivity index (χ3v) is 7.70. The second-order valence-corrected chi connectivity index (χ2v) is 10.6. The highest BCUT2D eigenvalue weighted by Crippen LogP contribution is 2.39. The van der Waals surface area contributed by atoms with Crippen LogP contribution in [0.25, 0.3) is 0 Å². The number of rotatable bonds is 6. The number of amides is 1. The Kier molecular flexibility index (Phi) is 7.18. The Hall–Kier alpha value is -1.15. The summed E-state index contributed by atoms with van der Waals surface area (Å²) in [4.78, 5) is 12.9. The van der Waals surface area contributed by atoms with Crippen LogP contribution in [0.3, 0.4) is 0 Å². The Morgan fingerprint density at radius 2 is 1.86 bits per heavy atom. The van der Waals surface area contributed by atoms with Gasteiger partial charge in [0.25, 0.3) is 5.91 Å². The summed E-state index contributed by atoms with van der Waals surface area (Å²) >= 11 is 0. The summed E-state index contributed by atoms with van der Waals surface area (Å²) in [5.41, 5.74) is 5.79. The van der Waals surface area contributed by atoms with Crippen molar-refractivity contribution in [3.63, 3.8) is 0 Å². The molecule has 2 aliphatic rings. The second-order valence-electron chi connectivity index (χ2n) is 8.65. The van der Waals surface area contributed by atoms with E-state index in [2.05, 4.69) is 19.2 Å². The summed E-state index contributed by atoms with van der Waals surface area (Å²) in [6.07, 6.45) is 3.16. The molecule has 28 heavy (non-hydrogen) atoms. The Labute approximate surface area is 174 Å². The van der Waals surface area contributed by atoms with E-state index in [4.69, 9.17) is 5.73 Å². The molecule has 158 valence electrons. The van der Waals surface area contributed by atoms with Gasteiger partial charge in [-0.25, -0.2) is 8.42 Å². The van der Waals surface area contributed by atoms with E-state index in [1.807, 2.05) is 6.92 Å². The van der Waals surface area contributed by atoms with Crippen LogP contribution in [-0.4, -0.2) is 43.8 Å². The van der Waals surface area contributed by atoms with Gasteiger partial charge in [-0.3, -0.25) is 4.79 Å². The molecule has 1 amide bonds. The average molecular weight is 430 g/mol. The topological polar surface area (TPSA) is 92.5 Å². The standard InChI is InChI=1S/C20H31N3O3S.ClH/c1-14-9-15(2)12-23(11-14)27(25,26)18-6-4-5-16(10-18)19(24)22-20(3,13-21)17-7-8-17;/h4-6,10,14-15,17H,7-9,11-13,21H2,1-3H3,(H,22,24);1H. The van der Waals surface area contributed by atoms with E-state index in [-0.39, 0.29) is 23.2 Å². The number of nitrogens with one attached hydrogen (secondary N) is 1. The van der Waals surface area contributed by atoms with E-state index in [1.165, 1.54) is 6.07 Å². The first kappa shape index (κ1) is 23.1. The highest BCUT2D eigenvalue weighted by molar-refractivity contribution is 7.89. The maximum absolute atomic E-state index is 13.1. The Morgan fingerprint density at radius 3 is 2.39 bits per heavy atom. The fourth-order valence-corrected chi connectivity index (χ4v) is 5.85. The molecule has 3 N–H and O–H groups in total. The summed E-state index contributed by atoms with van der Waals surface area (Å²) in [6, 6.07) is 6.34. The van der Waals surface area contributed by atoms with E-state index < -0.39 is 15.6 Å². The predicted molar refractivity (Wildman–Crippen MR) is 113 cm³/mol. The molecule has 1 aliphatic carbocycles. The fourth-order valence-electron chi connectivity index (χ4n) is 4.12. The molecule has 3 unspecified atom stereocenters. The average Bonchev–Trinajstić information content (AvgIpc) is 3.46. The van der Waals surface area contributed by atoms with Gasteiger partial charge in [0.2, 0.25) is 10.0 Å². The van der Waals surface area contributed by atoms with Crippen LogP contribution >= 0.6 is 12.4 Å². The number of piperidine rings is 1. The van der Waals surface area contributed by atoms with Gasteiger partial charge in [-0.2, -0.15) is 4.31 Å². The quantitative estimate of drug-likeness (QED) is 0.726. The monoisotopic (exact) mass is 429 g/mol. The molecule has 8 heteroatoms. The number of sulfonamides is 1. The molecule has 1 heterocycles. The number of benzene rings is 1. The fraction of sp³-hybridized carbons (Fsp3) is 0.650. The first-order valence-electron chi connectivity index (χ1n) is 9.78. The lowest BCUT2D eigenvalue weighted by molar-refractivity contribution is 0.0897. The van der Waals surface area contributed by atoms with Crippen molar-refractivity contribution in [2.75, 3.05) is 19.6 Å². The van der Waals surface area contributed by atoms with E-state index >= 15 is 0 Å². The summed E-state index contributed by atoms with van der Waals surface area (Å²) in [5, 5.41) is 3.02. The molecule has 0 spiro atoms. The Bertz CT molecular complexity index is 803. The van der Waals surface area contributed by atoms with Crippen LogP contribution in [-0.2, 0) is 10.0 Å². The summed E-state index contributed by atoms with van der Waals surface area (Å²) in [6.45, 7) is 7.53. The number of carbonyl (C=O) groups is 1. The number of carbonyl (C=O) groups excluding carboxylic acids is 1. The van der Waals surface area contributed by atoms with Gasteiger partial charge >= 0.3 is 0 Å². The Balaban J connectivity index is 0.00000280. The van der Waals surface area contributed by atoms with Crippen molar-refractivity contribution >= 4 is 28.3 Å². The van der Waals surface area contributed by atoms with Gasteiger partial charge in [-0.1, -0.05) is 19.9 Å². The first-order chi connectivity index (χ1) is 12.7. The minimum absolute atomic E-state index is 0. The molecule has 0 bridgehead atoms. The molecule has 3 rings (SSSR count). The SMILES string of the molecule is CC1CC(C)CN(S(=O)(=O)c2cccc(C(=O)NC(C)(CN)C3CC3)c2)C1.Cl. The minimum Gasteiger partial charge on any atom is -0.345 e. The predicted octanol–water partition coefficient (Wildman–Crippen LogP) is 2.63. The molecule has 1 aliphatic heterocycles. The van der Waals surface area contributed by atoms with Crippen LogP contribution < -0.4 is 11.1 Å². The third-order valence-electron chi connectivity index (χ3n) is 5.87. The maximum Gasteiger partial charge on any atom is 0.251 e. The van der Waals surface area contributed by atoms with Crippen molar-refractivity contribution < 1.29 is 13.2 Å². The van der Waals surface area contributed by atoms with Gasteiger partial charge in [-0.15, -0.1) is 12.4 Å². The normalized spacial score (nSPS) is 25.4. The molecule has 3 atom stereocenters. The zero-order valence-electron chi connectivity index (χ0n) is 16.8. The number of hydrogen-bond acceptors (Lipinski definition) is 4. The van der Waals surface area contributed by atoms with Crippen molar-refractivity contribution in [3.05, 3.63) is 29.8 Å². The van der Waals surface area contributed by atoms with Crippen LogP contribution in [0.1, 0.15) is 50.4 Å². The molecule has 1 saturated carbocycles. The van der Waals surface area contributed by atoms with Gasteiger partial charge in [0, 0.05) is 25.2 Å². The molecule has 2 fully saturated rings. The van der Waals surface area contributed by atoms with Crippen molar-refractivity contribution in [3.8, 4) is 0 Å². The zero-order chi connectivity index (χ0) is 19.8. The molecule has 1 aromatic rings. The number of halogens is 1. The minimum atomic E-state index is -3.61. The lowest BCUT2D eigenvalue weighted by Gasteiger charge is -2.34. The van der Waals surface area contributed by atoms with Gasteiger partial charge in [0.05, 0.1) is 10.4 Å². The van der Waals surface area contributed by atoms with Crippen molar-refractivity contribution in [2.24, 2.45) is 23.5 Å². The van der Waals surface area contributed by atoms with E-state index in [1.54, 1.807) is 22.5 Å². The Morgan fingerprint density at radius 1 is 1.25 bits per heavy atom. The van der Waals surface area contributed by atoms with E-state index in [9.17, 15) is 13.2 Å². The highest BCUT2D eigenvalue weighted by Gasteiger charge is 2.41. The smallest absolute Gasteiger partial charge is 0.251 e. The molecule has 1 saturated heterocycles. The summed E-state index contributed by atoms with van der Waals surface area (Å²) in [7, 11) is -3.61. The molecular formula is C20H32ClN3O3S. The lowest BCUT2D eigenvalue weighted by atomic mass is 9.94. The third kappa shape index (κ3) is 4.87. The van der Waals surface area contributed by atoms with Gasteiger partial charge in [0.1, 0.15) is 0 Å². The lowest BCUT2D eigenvalue weighted by Crippen LogP contribution is -2.53. The van der Waals surface area contributed by atoms with Crippen LogP contribution in [0, 0.1) is 17.8 Å².